The van der Waals surface area contributed by atoms with E-state index in [1.807, 2.05) is 18.7 Å². The van der Waals surface area contributed by atoms with Crippen LogP contribution in [0.15, 0.2) is 0 Å². The molecule has 0 amide bonds. The largest absolute Gasteiger partial charge is 0.480 e. The Hall–Kier alpha value is -0.850. The Labute approximate surface area is 161 Å². The molecule has 1 rings (SSSR count). The van der Waals surface area contributed by atoms with Crippen molar-refractivity contribution in [1.29, 1.82) is 0 Å². The molecule has 0 aromatic carbocycles. The minimum Gasteiger partial charge on any atom is -0.480 e. The fourth-order valence-electron chi connectivity index (χ4n) is 3.38. The number of carboxylic acid groups (broad SMARTS) is 1. The molecule has 4 N–H and O–H groups in total. The van der Waals surface area contributed by atoms with Gasteiger partial charge in [0.25, 0.3) is 0 Å². The molecular formula is C17H36N4O6. The van der Waals surface area contributed by atoms with Crippen molar-refractivity contribution in [3.8, 4) is 0 Å². The summed E-state index contributed by atoms with van der Waals surface area (Å²) in [5.74, 6) is -0.830. The lowest BCUT2D eigenvalue weighted by Crippen LogP contribution is -2.51. The van der Waals surface area contributed by atoms with Crippen LogP contribution in [0.5, 0.6) is 0 Å². The number of aliphatic carboxylic acids is 1. The first-order valence-electron chi connectivity index (χ1n) is 9.67. The van der Waals surface area contributed by atoms with E-state index in [0.29, 0.717) is 26.2 Å². The summed E-state index contributed by atoms with van der Waals surface area (Å²) in [5.41, 5.74) is 0. The second kappa shape index (κ2) is 14.2. The van der Waals surface area contributed by atoms with E-state index < -0.39 is 5.97 Å². The van der Waals surface area contributed by atoms with Gasteiger partial charge in [0.2, 0.25) is 0 Å². The Balaban J connectivity index is 2.82. The third kappa shape index (κ3) is 9.77. The monoisotopic (exact) mass is 392 g/mol. The molecule has 0 radical (unpaired) electrons. The number of hydrogen-bond donors (Lipinski definition) is 4. The lowest BCUT2D eigenvalue weighted by molar-refractivity contribution is -0.253. The molecule has 1 saturated heterocycles. The van der Waals surface area contributed by atoms with E-state index in [-0.39, 0.29) is 31.8 Å². The highest BCUT2D eigenvalue weighted by atomic mass is 17.1. The number of nitrogens with one attached hydrogen (secondary N) is 1. The minimum absolute atomic E-state index is 0.0137. The van der Waals surface area contributed by atoms with E-state index >= 15 is 0 Å². The lowest BCUT2D eigenvalue weighted by atomic mass is 10.2. The highest BCUT2D eigenvalue weighted by Gasteiger charge is 2.22. The maximum absolute atomic E-state index is 11.1. The van der Waals surface area contributed by atoms with E-state index in [2.05, 4.69) is 24.9 Å². The van der Waals surface area contributed by atoms with Crippen molar-refractivity contribution in [3.05, 3.63) is 0 Å². The summed E-state index contributed by atoms with van der Waals surface area (Å²) in [5, 5.41) is 30.2. The summed E-state index contributed by atoms with van der Waals surface area (Å²) in [6.07, 6.45) is 0.816. The topological polar surface area (TPSA) is 118 Å². The molecule has 1 aliphatic rings. The van der Waals surface area contributed by atoms with Crippen molar-refractivity contribution >= 4 is 5.97 Å². The second-order valence-electron chi connectivity index (χ2n) is 6.99. The number of carbonyl (C=O) groups is 1. The molecule has 27 heavy (non-hydrogen) atoms. The molecule has 1 heterocycles. The van der Waals surface area contributed by atoms with Crippen molar-refractivity contribution in [2.75, 3.05) is 72.1 Å². The van der Waals surface area contributed by atoms with Gasteiger partial charge in [-0.3, -0.25) is 30.0 Å². The maximum Gasteiger partial charge on any atom is 0.317 e. The number of hydrogen-bond acceptors (Lipinski definition) is 9. The van der Waals surface area contributed by atoms with Gasteiger partial charge in [0.05, 0.1) is 19.8 Å². The summed E-state index contributed by atoms with van der Waals surface area (Å²) in [7, 11) is 0. The molecule has 0 saturated carbocycles. The smallest absolute Gasteiger partial charge is 0.317 e. The molecule has 160 valence electrons. The number of nitrogens with zero attached hydrogens (tertiary/aromatic N) is 3. The zero-order chi connectivity index (χ0) is 20.1. The summed E-state index contributed by atoms with van der Waals surface area (Å²) in [6.45, 7) is 10.3. The molecule has 1 aliphatic heterocycles. The molecule has 0 aliphatic carbocycles. The van der Waals surface area contributed by atoms with E-state index in [1.54, 1.807) is 0 Å². The van der Waals surface area contributed by atoms with Gasteiger partial charge in [-0.05, 0) is 13.3 Å². The standard InChI is InChI=1S/C17H36N4O6/c1-3-16(14-27-25)21-9-8-19(12-17(22)23)6-4-18-5-7-20(10-11-21)15(2)13-26-24/h15-16,18,24-25H,3-14H2,1-2H3,(H,22,23). The zero-order valence-corrected chi connectivity index (χ0v) is 16.5. The normalized spacial score (nSPS) is 21.9. The second-order valence-corrected chi connectivity index (χ2v) is 6.99. The molecule has 1 fully saturated rings. The Kier molecular flexibility index (Phi) is 12.7. The van der Waals surface area contributed by atoms with Crippen molar-refractivity contribution in [3.63, 3.8) is 0 Å². The predicted octanol–water partition coefficient (Wildman–Crippen LogP) is -0.273. The third-order valence-corrected chi connectivity index (χ3v) is 5.11. The van der Waals surface area contributed by atoms with Crippen molar-refractivity contribution < 1.29 is 30.2 Å². The number of rotatable bonds is 9. The van der Waals surface area contributed by atoms with Crippen molar-refractivity contribution in [2.24, 2.45) is 0 Å². The molecule has 0 bridgehead atoms. The summed E-state index contributed by atoms with van der Waals surface area (Å²) < 4.78 is 0. The molecule has 0 spiro atoms. The fourth-order valence-corrected chi connectivity index (χ4v) is 3.38. The highest BCUT2D eigenvalue weighted by molar-refractivity contribution is 5.69. The van der Waals surface area contributed by atoms with E-state index in [4.69, 9.17) is 15.6 Å². The van der Waals surface area contributed by atoms with Crippen LogP contribution in [-0.4, -0.2) is 120 Å². The third-order valence-electron chi connectivity index (χ3n) is 5.11. The first kappa shape index (κ1) is 24.2. The SMILES string of the molecule is CCC(COO)N1CCN(CC(=O)O)CCNCCN(C(C)COO)CC1. The van der Waals surface area contributed by atoms with Crippen LogP contribution in [0.3, 0.4) is 0 Å². The van der Waals surface area contributed by atoms with Crippen molar-refractivity contribution in [2.45, 2.75) is 32.4 Å². The number of carboxylic acids is 1. The van der Waals surface area contributed by atoms with E-state index in [0.717, 1.165) is 32.6 Å². The molecular weight excluding hydrogens is 356 g/mol. The average molecular weight is 392 g/mol. The Morgan fingerprint density at radius 3 is 2.26 bits per heavy atom. The van der Waals surface area contributed by atoms with E-state index in [9.17, 15) is 4.79 Å². The van der Waals surface area contributed by atoms with Gasteiger partial charge in [-0.25, -0.2) is 9.78 Å². The van der Waals surface area contributed by atoms with Crippen LogP contribution in [0, 0.1) is 0 Å². The summed E-state index contributed by atoms with van der Waals surface area (Å²) >= 11 is 0. The average Bonchev–Trinajstić information content (AvgIpc) is 2.62. The summed E-state index contributed by atoms with van der Waals surface area (Å²) in [6, 6.07) is 0.119. The van der Waals surface area contributed by atoms with Crippen LogP contribution in [0.25, 0.3) is 0 Å². The molecule has 2 unspecified atom stereocenters. The Bertz CT molecular complexity index is 404. The van der Waals surface area contributed by atoms with Crippen LogP contribution < -0.4 is 5.32 Å². The summed E-state index contributed by atoms with van der Waals surface area (Å²) in [4.78, 5) is 26.3. The van der Waals surface area contributed by atoms with Gasteiger partial charge in [-0.15, -0.1) is 0 Å². The Morgan fingerprint density at radius 1 is 1.00 bits per heavy atom. The lowest BCUT2D eigenvalue weighted by Gasteiger charge is -2.36. The molecule has 10 heteroatoms. The van der Waals surface area contributed by atoms with Crippen LogP contribution in [0.2, 0.25) is 0 Å². The predicted molar refractivity (Wildman–Crippen MR) is 101 cm³/mol. The molecule has 0 aromatic heterocycles. The van der Waals surface area contributed by atoms with Crippen LogP contribution in [-0.2, 0) is 14.6 Å². The van der Waals surface area contributed by atoms with Crippen LogP contribution in [0.1, 0.15) is 20.3 Å². The Morgan fingerprint density at radius 2 is 1.63 bits per heavy atom. The van der Waals surface area contributed by atoms with Gasteiger partial charge in [0.15, 0.2) is 0 Å². The van der Waals surface area contributed by atoms with Gasteiger partial charge in [0.1, 0.15) is 0 Å². The molecule has 2 atom stereocenters. The first-order chi connectivity index (χ1) is 13.0. The quantitative estimate of drug-likeness (QED) is 0.308. The first-order valence-corrected chi connectivity index (χ1v) is 9.67. The van der Waals surface area contributed by atoms with Gasteiger partial charge < -0.3 is 10.4 Å². The van der Waals surface area contributed by atoms with Crippen LogP contribution in [0.4, 0.5) is 0 Å². The van der Waals surface area contributed by atoms with Crippen LogP contribution >= 0.6 is 0 Å². The van der Waals surface area contributed by atoms with Gasteiger partial charge in [-0.1, -0.05) is 6.92 Å². The van der Waals surface area contributed by atoms with Gasteiger partial charge in [0, 0.05) is 64.4 Å². The highest BCUT2D eigenvalue weighted by Crippen LogP contribution is 2.08. The zero-order valence-electron chi connectivity index (χ0n) is 16.5. The molecule has 0 aromatic rings. The van der Waals surface area contributed by atoms with Gasteiger partial charge >= 0.3 is 5.97 Å². The minimum atomic E-state index is -0.830. The van der Waals surface area contributed by atoms with E-state index in [1.165, 1.54) is 0 Å². The maximum atomic E-state index is 11.1. The van der Waals surface area contributed by atoms with Crippen molar-refractivity contribution in [1.82, 2.24) is 20.0 Å². The fraction of sp³-hybridized carbons (Fsp3) is 0.941. The molecule has 10 nitrogen and oxygen atoms in total. The van der Waals surface area contributed by atoms with Gasteiger partial charge in [-0.2, -0.15) is 0 Å².